The molecule has 0 aliphatic heterocycles. The number of anilines is 1. The Kier molecular flexibility index (Phi) is 5.79. The van der Waals surface area contributed by atoms with Crippen molar-refractivity contribution in [2.75, 3.05) is 5.32 Å². The Balaban J connectivity index is 2.12. The number of hydrogen-bond donors (Lipinski definition) is 2. The predicted molar refractivity (Wildman–Crippen MR) is 67.4 cm³/mol. The molecule has 0 spiro atoms. The highest BCUT2D eigenvalue weighted by Crippen LogP contribution is 2.08. The number of hydrogen-bond acceptors (Lipinski definition) is 2. The van der Waals surface area contributed by atoms with Gasteiger partial charge in [0.15, 0.2) is 0 Å². The molecular formula is C13H18N2O2. The Labute approximate surface area is 101 Å². The number of amides is 2. The molecule has 4 nitrogen and oxygen atoms in total. The van der Waals surface area contributed by atoms with Gasteiger partial charge in [0.2, 0.25) is 11.8 Å². The number of carbonyl (C=O) groups is 2. The van der Waals surface area contributed by atoms with Crippen LogP contribution in [0.5, 0.6) is 0 Å². The van der Waals surface area contributed by atoms with Crippen LogP contribution in [-0.2, 0) is 9.59 Å². The molecule has 0 saturated carbocycles. The number of unbranched alkanes of at least 4 members (excludes halogenated alkanes) is 2. The first kappa shape index (κ1) is 13.2. The lowest BCUT2D eigenvalue weighted by atomic mass is 10.1. The summed E-state index contributed by atoms with van der Waals surface area (Å²) >= 11 is 0. The van der Waals surface area contributed by atoms with Crippen molar-refractivity contribution in [2.45, 2.75) is 32.1 Å². The van der Waals surface area contributed by atoms with Crippen LogP contribution in [0.1, 0.15) is 32.1 Å². The number of rotatable bonds is 7. The number of para-hydroxylation sites is 1. The monoisotopic (exact) mass is 234 g/mol. The molecule has 0 bridgehead atoms. The van der Waals surface area contributed by atoms with Crippen LogP contribution in [0, 0.1) is 0 Å². The predicted octanol–water partition coefficient (Wildman–Crippen LogP) is 2.06. The van der Waals surface area contributed by atoms with Gasteiger partial charge in [-0.2, -0.15) is 0 Å². The Hall–Kier alpha value is -1.84. The van der Waals surface area contributed by atoms with Crippen molar-refractivity contribution in [3.8, 4) is 0 Å². The summed E-state index contributed by atoms with van der Waals surface area (Å²) in [6.45, 7) is 0. The van der Waals surface area contributed by atoms with Gasteiger partial charge in [-0.3, -0.25) is 9.59 Å². The minimum absolute atomic E-state index is 0.00951. The topological polar surface area (TPSA) is 72.2 Å². The SMILES string of the molecule is NC(=O)CCCCCC(=O)Nc1ccccc1. The zero-order chi connectivity index (χ0) is 12.5. The maximum atomic E-state index is 11.5. The lowest BCUT2D eigenvalue weighted by Gasteiger charge is -2.04. The van der Waals surface area contributed by atoms with E-state index in [-0.39, 0.29) is 11.8 Å². The molecule has 1 aromatic carbocycles. The molecule has 0 radical (unpaired) electrons. The Morgan fingerprint density at radius 2 is 1.65 bits per heavy atom. The van der Waals surface area contributed by atoms with Crippen molar-refractivity contribution in [1.29, 1.82) is 0 Å². The fourth-order valence-electron chi connectivity index (χ4n) is 1.51. The average Bonchev–Trinajstić information content (AvgIpc) is 2.29. The molecule has 2 amide bonds. The van der Waals surface area contributed by atoms with E-state index in [4.69, 9.17) is 5.73 Å². The largest absolute Gasteiger partial charge is 0.370 e. The number of nitrogens with two attached hydrogens (primary N) is 1. The Morgan fingerprint density at radius 3 is 2.29 bits per heavy atom. The highest BCUT2D eigenvalue weighted by Gasteiger charge is 2.02. The molecule has 1 aromatic rings. The highest BCUT2D eigenvalue weighted by molar-refractivity contribution is 5.90. The van der Waals surface area contributed by atoms with Gasteiger partial charge >= 0.3 is 0 Å². The van der Waals surface area contributed by atoms with E-state index in [0.29, 0.717) is 12.8 Å². The van der Waals surface area contributed by atoms with Crippen LogP contribution in [0.3, 0.4) is 0 Å². The minimum atomic E-state index is -0.279. The molecule has 0 aliphatic carbocycles. The van der Waals surface area contributed by atoms with Gasteiger partial charge in [-0.1, -0.05) is 24.6 Å². The molecule has 0 aliphatic rings. The van der Waals surface area contributed by atoms with Crippen LogP contribution in [0.2, 0.25) is 0 Å². The summed E-state index contributed by atoms with van der Waals surface area (Å²) in [5.41, 5.74) is 5.83. The summed E-state index contributed by atoms with van der Waals surface area (Å²) in [6.07, 6.45) is 3.28. The fourth-order valence-corrected chi connectivity index (χ4v) is 1.51. The van der Waals surface area contributed by atoms with Crippen molar-refractivity contribution in [3.05, 3.63) is 30.3 Å². The second kappa shape index (κ2) is 7.44. The summed E-state index contributed by atoms with van der Waals surface area (Å²) in [5.74, 6) is -0.269. The molecule has 4 heteroatoms. The molecule has 3 N–H and O–H groups in total. The molecule has 0 unspecified atom stereocenters. The molecule has 0 fully saturated rings. The second-order valence-corrected chi connectivity index (χ2v) is 3.94. The van der Waals surface area contributed by atoms with Gasteiger partial charge in [0, 0.05) is 18.5 Å². The number of benzene rings is 1. The van der Waals surface area contributed by atoms with Gasteiger partial charge in [0.05, 0.1) is 0 Å². The quantitative estimate of drug-likeness (QED) is 0.709. The summed E-state index contributed by atoms with van der Waals surface area (Å²) < 4.78 is 0. The molecule has 0 heterocycles. The van der Waals surface area contributed by atoms with Gasteiger partial charge in [-0.05, 0) is 25.0 Å². The van der Waals surface area contributed by atoms with Crippen LogP contribution in [0.15, 0.2) is 30.3 Å². The summed E-state index contributed by atoms with van der Waals surface area (Å²) in [6, 6.07) is 9.36. The van der Waals surface area contributed by atoms with Crippen LogP contribution < -0.4 is 11.1 Å². The van der Waals surface area contributed by atoms with E-state index in [0.717, 1.165) is 24.9 Å². The maximum Gasteiger partial charge on any atom is 0.224 e. The zero-order valence-electron chi connectivity index (χ0n) is 9.82. The normalized spacial score (nSPS) is 9.88. The first-order chi connectivity index (χ1) is 8.18. The lowest BCUT2D eigenvalue weighted by molar-refractivity contribution is -0.118. The maximum absolute atomic E-state index is 11.5. The van der Waals surface area contributed by atoms with E-state index < -0.39 is 0 Å². The van der Waals surface area contributed by atoms with Gasteiger partial charge in [0.1, 0.15) is 0 Å². The first-order valence-electron chi connectivity index (χ1n) is 5.81. The number of primary amides is 1. The third-order valence-corrected chi connectivity index (χ3v) is 2.38. The van der Waals surface area contributed by atoms with E-state index in [1.807, 2.05) is 30.3 Å². The van der Waals surface area contributed by atoms with Gasteiger partial charge < -0.3 is 11.1 Å². The zero-order valence-corrected chi connectivity index (χ0v) is 9.82. The number of nitrogens with one attached hydrogen (secondary N) is 1. The van der Waals surface area contributed by atoms with Gasteiger partial charge in [-0.15, -0.1) is 0 Å². The van der Waals surface area contributed by atoms with Crippen LogP contribution >= 0.6 is 0 Å². The summed E-state index contributed by atoms with van der Waals surface area (Å²) in [4.78, 5) is 22.0. The third kappa shape index (κ3) is 6.35. The smallest absolute Gasteiger partial charge is 0.224 e. The minimum Gasteiger partial charge on any atom is -0.370 e. The third-order valence-electron chi connectivity index (χ3n) is 2.38. The molecular weight excluding hydrogens is 216 g/mol. The standard InChI is InChI=1S/C13H18N2O2/c14-12(16)9-5-2-6-10-13(17)15-11-7-3-1-4-8-11/h1,3-4,7-8H,2,5-6,9-10H2,(H2,14,16)(H,15,17). The van der Waals surface area contributed by atoms with Crippen LogP contribution in [0.25, 0.3) is 0 Å². The number of carbonyl (C=O) groups excluding carboxylic acids is 2. The van der Waals surface area contributed by atoms with Crippen molar-refractivity contribution < 1.29 is 9.59 Å². The summed E-state index contributed by atoms with van der Waals surface area (Å²) in [7, 11) is 0. The fraction of sp³-hybridized carbons (Fsp3) is 0.385. The molecule has 0 aromatic heterocycles. The van der Waals surface area contributed by atoms with Gasteiger partial charge in [0.25, 0.3) is 0 Å². The Morgan fingerprint density at radius 1 is 1.00 bits per heavy atom. The molecule has 0 saturated heterocycles. The van der Waals surface area contributed by atoms with Crippen LogP contribution in [0.4, 0.5) is 5.69 Å². The molecule has 1 rings (SSSR count). The van der Waals surface area contributed by atoms with Crippen molar-refractivity contribution >= 4 is 17.5 Å². The van der Waals surface area contributed by atoms with Crippen molar-refractivity contribution in [1.82, 2.24) is 0 Å². The molecule has 17 heavy (non-hydrogen) atoms. The van der Waals surface area contributed by atoms with Crippen LogP contribution in [-0.4, -0.2) is 11.8 Å². The summed E-state index contributed by atoms with van der Waals surface area (Å²) in [5, 5.41) is 2.81. The first-order valence-corrected chi connectivity index (χ1v) is 5.81. The van der Waals surface area contributed by atoms with E-state index in [9.17, 15) is 9.59 Å². The van der Waals surface area contributed by atoms with E-state index >= 15 is 0 Å². The van der Waals surface area contributed by atoms with Gasteiger partial charge in [-0.25, -0.2) is 0 Å². The molecule has 92 valence electrons. The van der Waals surface area contributed by atoms with Crippen molar-refractivity contribution in [2.24, 2.45) is 5.73 Å². The second-order valence-electron chi connectivity index (χ2n) is 3.94. The Bertz CT molecular complexity index is 363. The van der Waals surface area contributed by atoms with E-state index in [1.165, 1.54) is 0 Å². The average molecular weight is 234 g/mol. The van der Waals surface area contributed by atoms with E-state index in [2.05, 4.69) is 5.32 Å². The highest BCUT2D eigenvalue weighted by atomic mass is 16.1. The molecule has 0 atom stereocenters. The van der Waals surface area contributed by atoms with E-state index in [1.54, 1.807) is 0 Å². The lowest BCUT2D eigenvalue weighted by Crippen LogP contribution is -2.11. The van der Waals surface area contributed by atoms with Crippen molar-refractivity contribution in [3.63, 3.8) is 0 Å².